The number of thioether (sulfide) groups is 1. The molecule has 1 heterocycles. The van der Waals surface area contributed by atoms with Gasteiger partial charge in [0.1, 0.15) is 6.61 Å². The van der Waals surface area contributed by atoms with Crippen LogP contribution in [0.25, 0.3) is 6.08 Å². The van der Waals surface area contributed by atoms with Crippen molar-refractivity contribution >= 4 is 57.3 Å². The molecule has 1 saturated heterocycles. The summed E-state index contributed by atoms with van der Waals surface area (Å²) in [7, 11) is 1.48. The summed E-state index contributed by atoms with van der Waals surface area (Å²) >= 11 is 2.84. The molecule has 0 unspecified atom stereocenters. The zero-order valence-corrected chi connectivity index (χ0v) is 19.1. The van der Waals surface area contributed by atoms with Crippen LogP contribution in [-0.4, -0.2) is 34.7 Å². The maximum Gasteiger partial charge on any atom is 0.293 e. The molecule has 1 aliphatic heterocycles. The summed E-state index contributed by atoms with van der Waals surface area (Å²) in [5.41, 5.74) is 0.764. The second-order valence-corrected chi connectivity index (χ2v) is 8.34. The Kier molecular flexibility index (Phi) is 7.19. The first-order valence-electron chi connectivity index (χ1n) is 8.77. The molecule has 0 saturated carbocycles. The lowest BCUT2D eigenvalue weighted by Gasteiger charge is -2.13. The molecule has 1 fully saturated rings. The van der Waals surface area contributed by atoms with Crippen LogP contribution in [-0.2, 0) is 11.3 Å². The highest BCUT2D eigenvalue weighted by Gasteiger charge is 2.36. The fourth-order valence-electron chi connectivity index (χ4n) is 2.86. The Morgan fingerprint density at radius 3 is 2.74 bits per heavy atom. The number of rotatable bonds is 7. The number of nitro benzene ring substituents is 1. The molecule has 0 aromatic heterocycles. The topological polar surface area (TPSA) is 99.0 Å². The number of para-hydroxylation sites is 1. The maximum atomic E-state index is 12.8. The zero-order valence-electron chi connectivity index (χ0n) is 16.2. The summed E-state index contributed by atoms with van der Waals surface area (Å²) in [6.45, 7) is -0.102. The van der Waals surface area contributed by atoms with E-state index in [0.29, 0.717) is 17.1 Å². The third-order valence-corrected chi connectivity index (χ3v) is 5.95. The zero-order chi connectivity index (χ0) is 22.5. The molecule has 0 aliphatic carbocycles. The van der Waals surface area contributed by atoms with E-state index in [4.69, 9.17) is 15.9 Å². The average molecular weight is 550 g/mol. The predicted molar refractivity (Wildman–Crippen MR) is 125 cm³/mol. The van der Waals surface area contributed by atoms with E-state index in [1.54, 1.807) is 24.3 Å². The Bertz CT molecular complexity index is 1140. The molecule has 1 aliphatic rings. The van der Waals surface area contributed by atoms with Gasteiger partial charge < -0.3 is 9.47 Å². The minimum atomic E-state index is -0.539. The highest BCUT2D eigenvalue weighted by Crippen LogP contribution is 2.38. The average Bonchev–Trinajstić information content (AvgIpc) is 3.00. The number of halogens is 1. The smallest absolute Gasteiger partial charge is 0.293 e. The number of terminal acetylenes is 1. The molecule has 3 rings (SSSR count). The molecule has 0 spiro atoms. The lowest BCUT2D eigenvalue weighted by atomic mass is 10.1. The van der Waals surface area contributed by atoms with Crippen molar-refractivity contribution in [1.82, 2.24) is 4.90 Å². The Morgan fingerprint density at radius 2 is 2.06 bits per heavy atom. The highest BCUT2D eigenvalue weighted by atomic mass is 127. The normalized spacial score (nSPS) is 14.6. The van der Waals surface area contributed by atoms with E-state index in [1.807, 2.05) is 0 Å². The van der Waals surface area contributed by atoms with Gasteiger partial charge in [0.2, 0.25) is 0 Å². The van der Waals surface area contributed by atoms with Gasteiger partial charge in [-0.3, -0.25) is 24.6 Å². The van der Waals surface area contributed by atoms with Crippen molar-refractivity contribution < 1.29 is 24.0 Å². The van der Waals surface area contributed by atoms with Crippen molar-refractivity contribution in [3.8, 4) is 23.8 Å². The Balaban J connectivity index is 1.88. The van der Waals surface area contributed by atoms with E-state index in [0.717, 1.165) is 20.2 Å². The number of benzene rings is 2. The SMILES string of the molecule is C#CCOc1c(I)cc(/C=C2/SC(=O)N(Cc3ccccc3[N+](=O)[O-])C2=O)cc1OC. The molecule has 0 N–H and O–H groups in total. The van der Waals surface area contributed by atoms with E-state index >= 15 is 0 Å². The van der Waals surface area contributed by atoms with Crippen LogP contribution in [0, 0.1) is 26.0 Å². The molecule has 0 bridgehead atoms. The number of ether oxygens (including phenoxy) is 2. The van der Waals surface area contributed by atoms with Gasteiger partial charge >= 0.3 is 0 Å². The number of carbonyl (C=O) groups excluding carboxylic acids is 2. The van der Waals surface area contributed by atoms with Gasteiger partial charge in [-0.15, -0.1) is 6.42 Å². The van der Waals surface area contributed by atoms with Crippen molar-refractivity contribution in [2.45, 2.75) is 6.54 Å². The standard InChI is InChI=1S/C21H15IN2O6S/c1-3-8-30-19-15(22)9-13(10-17(19)29-2)11-18-20(25)23(21(26)31-18)12-14-6-4-5-7-16(14)24(27)28/h1,4-7,9-11H,8,12H2,2H3/b18-11+. The molecular weight excluding hydrogens is 535 g/mol. The molecule has 0 atom stereocenters. The van der Waals surface area contributed by atoms with Crippen LogP contribution in [0.3, 0.4) is 0 Å². The Labute approximate surface area is 195 Å². The Hall–Kier alpha value is -3.04. The minimum Gasteiger partial charge on any atom is -0.493 e. The molecule has 31 heavy (non-hydrogen) atoms. The maximum absolute atomic E-state index is 12.8. The monoisotopic (exact) mass is 550 g/mol. The summed E-state index contributed by atoms with van der Waals surface area (Å²) in [5.74, 6) is 2.80. The summed E-state index contributed by atoms with van der Waals surface area (Å²) in [5, 5.41) is 10.7. The first-order chi connectivity index (χ1) is 14.8. The van der Waals surface area contributed by atoms with Crippen LogP contribution in [0.15, 0.2) is 41.3 Å². The van der Waals surface area contributed by atoms with Crippen molar-refractivity contribution in [3.63, 3.8) is 0 Å². The molecule has 2 aromatic carbocycles. The summed E-state index contributed by atoms with van der Waals surface area (Å²) in [4.78, 5) is 37.1. The fourth-order valence-corrected chi connectivity index (χ4v) is 4.48. The highest BCUT2D eigenvalue weighted by molar-refractivity contribution is 14.1. The van der Waals surface area contributed by atoms with Crippen LogP contribution in [0.2, 0.25) is 0 Å². The molecule has 2 amide bonds. The lowest BCUT2D eigenvalue weighted by molar-refractivity contribution is -0.385. The van der Waals surface area contributed by atoms with Crippen molar-refractivity contribution in [2.24, 2.45) is 0 Å². The van der Waals surface area contributed by atoms with Crippen molar-refractivity contribution in [2.75, 3.05) is 13.7 Å². The van der Waals surface area contributed by atoms with Crippen LogP contribution in [0.5, 0.6) is 11.5 Å². The Morgan fingerprint density at radius 1 is 1.32 bits per heavy atom. The van der Waals surface area contributed by atoms with Crippen LogP contribution >= 0.6 is 34.4 Å². The number of nitro groups is 1. The van der Waals surface area contributed by atoms with Gasteiger partial charge in [0.15, 0.2) is 11.5 Å². The lowest BCUT2D eigenvalue weighted by Crippen LogP contribution is -2.27. The van der Waals surface area contributed by atoms with Crippen LogP contribution < -0.4 is 9.47 Å². The van der Waals surface area contributed by atoms with E-state index < -0.39 is 16.1 Å². The van der Waals surface area contributed by atoms with Crippen LogP contribution in [0.1, 0.15) is 11.1 Å². The molecule has 10 heteroatoms. The van der Waals surface area contributed by atoms with E-state index in [9.17, 15) is 19.7 Å². The van der Waals surface area contributed by atoms with E-state index in [1.165, 1.54) is 25.3 Å². The predicted octanol–water partition coefficient (Wildman–Crippen LogP) is 4.46. The number of amides is 2. The van der Waals surface area contributed by atoms with Gasteiger partial charge in [-0.25, -0.2) is 0 Å². The van der Waals surface area contributed by atoms with Gasteiger partial charge in [-0.05, 0) is 58.1 Å². The summed E-state index contributed by atoms with van der Waals surface area (Å²) < 4.78 is 11.6. The van der Waals surface area contributed by atoms with E-state index in [-0.39, 0.29) is 29.3 Å². The van der Waals surface area contributed by atoms with Gasteiger partial charge in [0, 0.05) is 11.6 Å². The number of hydrogen-bond donors (Lipinski definition) is 0. The number of carbonyl (C=O) groups is 2. The fraction of sp³-hybridized carbons (Fsp3) is 0.143. The second kappa shape index (κ2) is 9.84. The van der Waals surface area contributed by atoms with Gasteiger partial charge in [0.05, 0.1) is 27.1 Å². The van der Waals surface area contributed by atoms with Gasteiger partial charge in [-0.2, -0.15) is 0 Å². The largest absolute Gasteiger partial charge is 0.493 e. The van der Waals surface area contributed by atoms with Gasteiger partial charge in [0.25, 0.3) is 16.8 Å². The van der Waals surface area contributed by atoms with Gasteiger partial charge in [-0.1, -0.05) is 24.1 Å². The minimum absolute atomic E-state index is 0.0796. The summed E-state index contributed by atoms with van der Waals surface area (Å²) in [6, 6.07) is 9.45. The van der Waals surface area contributed by atoms with Crippen LogP contribution in [0.4, 0.5) is 10.5 Å². The summed E-state index contributed by atoms with van der Waals surface area (Å²) in [6.07, 6.45) is 6.81. The quantitative estimate of drug-likeness (QED) is 0.165. The number of imide groups is 1. The van der Waals surface area contributed by atoms with E-state index in [2.05, 4.69) is 28.5 Å². The number of hydrogen-bond acceptors (Lipinski definition) is 7. The van der Waals surface area contributed by atoms with Crippen molar-refractivity contribution in [1.29, 1.82) is 0 Å². The molecule has 8 nitrogen and oxygen atoms in total. The van der Waals surface area contributed by atoms with Crippen molar-refractivity contribution in [3.05, 3.63) is 66.1 Å². The molecule has 2 aromatic rings. The molecule has 158 valence electrons. The molecular formula is C21H15IN2O6S. The number of methoxy groups -OCH3 is 1. The number of nitrogens with zero attached hydrogens (tertiary/aromatic N) is 2. The first-order valence-corrected chi connectivity index (χ1v) is 10.7. The first kappa shape index (κ1) is 22.6. The molecule has 0 radical (unpaired) electrons. The third kappa shape index (κ3) is 5.00. The second-order valence-electron chi connectivity index (χ2n) is 6.18. The third-order valence-electron chi connectivity index (χ3n) is 4.24.